The van der Waals surface area contributed by atoms with Gasteiger partial charge in [-0.25, -0.2) is 0 Å². The number of aryl methyl sites for hydroxylation is 2. The van der Waals surface area contributed by atoms with Gasteiger partial charge in [-0.1, -0.05) is 36.7 Å². The topological polar surface area (TPSA) is 62.1 Å². The van der Waals surface area contributed by atoms with Crippen LogP contribution in [0.4, 0.5) is 5.69 Å². The molecule has 0 unspecified atom stereocenters. The number of halogens is 1. The average molecular weight is 369 g/mol. The van der Waals surface area contributed by atoms with Gasteiger partial charge in [0, 0.05) is 0 Å². The highest BCUT2D eigenvalue weighted by atomic mass is 35.5. The minimum absolute atomic E-state index is 0.00303. The molecule has 0 bridgehead atoms. The van der Waals surface area contributed by atoms with Crippen molar-refractivity contribution in [3.8, 4) is 11.8 Å². The van der Waals surface area contributed by atoms with Gasteiger partial charge in [0.25, 0.3) is 5.91 Å². The maximum absolute atomic E-state index is 12.5. The average Bonchev–Trinajstić information content (AvgIpc) is 2.61. The Labute approximate surface area is 159 Å². The van der Waals surface area contributed by atoms with Gasteiger partial charge in [-0.3, -0.25) is 4.79 Å². The first-order valence-electron chi connectivity index (χ1n) is 8.37. The fourth-order valence-corrected chi connectivity index (χ4v) is 2.82. The molecule has 0 aliphatic rings. The Morgan fingerprint density at radius 3 is 2.54 bits per heavy atom. The van der Waals surface area contributed by atoms with Crippen LogP contribution in [0.1, 0.15) is 30.0 Å². The predicted molar refractivity (Wildman–Crippen MR) is 105 cm³/mol. The van der Waals surface area contributed by atoms with Gasteiger partial charge in [0.1, 0.15) is 17.4 Å². The van der Waals surface area contributed by atoms with Gasteiger partial charge >= 0.3 is 0 Å². The van der Waals surface area contributed by atoms with E-state index in [9.17, 15) is 10.1 Å². The Morgan fingerprint density at radius 1 is 1.27 bits per heavy atom. The van der Waals surface area contributed by atoms with Gasteiger partial charge in [-0.15, -0.1) is 0 Å². The van der Waals surface area contributed by atoms with Crippen LogP contribution < -0.4 is 10.1 Å². The van der Waals surface area contributed by atoms with Gasteiger partial charge in [-0.2, -0.15) is 5.26 Å². The van der Waals surface area contributed by atoms with Crippen LogP contribution in [0.25, 0.3) is 6.08 Å². The van der Waals surface area contributed by atoms with E-state index in [0.717, 1.165) is 28.9 Å². The summed E-state index contributed by atoms with van der Waals surface area (Å²) in [5.74, 6) is 0.265. The molecule has 26 heavy (non-hydrogen) atoms. The molecule has 4 nitrogen and oxygen atoms in total. The highest BCUT2D eigenvalue weighted by molar-refractivity contribution is 6.34. The number of ether oxygens (including phenoxy) is 1. The van der Waals surface area contributed by atoms with Gasteiger partial charge < -0.3 is 10.1 Å². The molecule has 5 heteroatoms. The van der Waals surface area contributed by atoms with Gasteiger partial charge in [0.2, 0.25) is 0 Å². The fourth-order valence-electron chi connectivity index (χ4n) is 2.45. The number of hydrogen-bond donors (Lipinski definition) is 1. The van der Waals surface area contributed by atoms with Gasteiger partial charge in [0.15, 0.2) is 0 Å². The molecule has 0 heterocycles. The summed E-state index contributed by atoms with van der Waals surface area (Å²) < 4.78 is 5.52. The number of benzene rings is 2. The van der Waals surface area contributed by atoms with Gasteiger partial charge in [-0.05, 0) is 61.2 Å². The number of nitrogens with one attached hydrogen (secondary N) is 1. The summed E-state index contributed by atoms with van der Waals surface area (Å²) in [6.07, 6.45) is 2.47. The molecule has 1 amide bonds. The molecular weight excluding hydrogens is 348 g/mol. The first kappa shape index (κ1) is 19.6. The molecule has 0 spiro atoms. The maximum Gasteiger partial charge on any atom is 0.266 e. The number of rotatable bonds is 6. The lowest BCUT2D eigenvalue weighted by atomic mass is 10.1. The Bertz CT molecular complexity index is 842. The summed E-state index contributed by atoms with van der Waals surface area (Å²) in [5.41, 5.74) is 3.12. The maximum atomic E-state index is 12.5. The van der Waals surface area contributed by atoms with Crippen molar-refractivity contribution < 1.29 is 9.53 Å². The molecule has 0 aromatic heterocycles. The zero-order valence-corrected chi connectivity index (χ0v) is 15.9. The lowest BCUT2D eigenvalue weighted by Gasteiger charge is -2.11. The van der Waals surface area contributed by atoms with E-state index in [0.29, 0.717) is 17.3 Å². The third-order valence-electron chi connectivity index (χ3n) is 3.70. The van der Waals surface area contributed by atoms with Crippen molar-refractivity contribution in [2.75, 3.05) is 11.9 Å². The summed E-state index contributed by atoms with van der Waals surface area (Å²) in [7, 11) is 0. The van der Waals surface area contributed by atoms with Crippen molar-refractivity contribution in [2.45, 2.75) is 27.2 Å². The van der Waals surface area contributed by atoms with Crippen molar-refractivity contribution >= 4 is 29.3 Å². The SMILES string of the molecule is CCCOc1ccc(/C=C(\C#N)C(=O)Nc2c(C)cc(C)cc2Cl)cc1. The lowest BCUT2D eigenvalue weighted by Crippen LogP contribution is -2.14. The van der Waals surface area contributed by atoms with Crippen molar-refractivity contribution in [1.29, 1.82) is 5.26 Å². The Kier molecular flexibility index (Phi) is 6.82. The molecule has 0 radical (unpaired) electrons. The number of amides is 1. The summed E-state index contributed by atoms with van der Waals surface area (Å²) in [6.45, 7) is 6.48. The van der Waals surface area contributed by atoms with Gasteiger partial charge in [0.05, 0.1) is 17.3 Å². The molecule has 2 aromatic rings. The number of carbonyl (C=O) groups excluding carboxylic acids is 1. The summed E-state index contributed by atoms with van der Waals surface area (Å²) in [6, 6.07) is 12.9. The van der Waals surface area contributed by atoms with E-state index in [4.69, 9.17) is 16.3 Å². The van der Waals surface area contributed by atoms with Crippen molar-refractivity contribution in [3.63, 3.8) is 0 Å². The van der Waals surface area contributed by atoms with Crippen LogP contribution in [0, 0.1) is 25.2 Å². The molecule has 0 aliphatic carbocycles. The number of nitrogens with zero attached hydrogens (tertiary/aromatic N) is 1. The van der Waals surface area contributed by atoms with Crippen LogP contribution >= 0.6 is 11.6 Å². The molecule has 2 aromatic carbocycles. The molecular formula is C21H21ClN2O2. The Balaban J connectivity index is 2.18. The van der Waals surface area contributed by atoms with Crippen molar-refractivity contribution in [1.82, 2.24) is 0 Å². The zero-order chi connectivity index (χ0) is 19.1. The standard InChI is InChI=1S/C21H21ClN2O2/c1-4-9-26-18-7-5-16(6-8-18)12-17(13-23)21(25)24-20-15(3)10-14(2)11-19(20)22/h5-8,10-12H,4,9H2,1-3H3,(H,24,25)/b17-12+. The third-order valence-corrected chi connectivity index (χ3v) is 4.00. The largest absolute Gasteiger partial charge is 0.494 e. The minimum atomic E-state index is -0.493. The molecule has 0 saturated heterocycles. The summed E-state index contributed by atoms with van der Waals surface area (Å²) in [4.78, 5) is 12.5. The molecule has 2 rings (SSSR count). The molecule has 134 valence electrons. The second-order valence-corrected chi connectivity index (χ2v) is 6.39. The van der Waals surface area contributed by atoms with Crippen LogP contribution in [0.15, 0.2) is 42.0 Å². The Morgan fingerprint density at radius 2 is 1.96 bits per heavy atom. The van der Waals surface area contributed by atoms with E-state index in [1.807, 2.05) is 45.0 Å². The highest BCUT2D eigenvalue weighted by Crippen LogP contribution is 2.28. The highest BCUT2D eigenvalue weighted by Gasteiger charge is 2.13. The predicted octanol–water partition coefficient (Wildman–Crippen LogP) is 5.29. The smallest absolute Gasteiger partial charge is 0.266 e. The van der Waals surface area contributed by atoms with Crippen LogP contribution in [0.2, 0.25) is 5.02 Å². The quantitative estimate of drug-likeness (QED) is 0.556. The molecule has 0 aliphatic heterocycles. The van der Waals surface area contributed by atoms with Crippen molar-refractivity contribution in [2.24, 2.45) is 0 Å². The van der Waals surface area contributed by atoms with E-state index in [-0.39, 0.29) is 5.57 Å². The monoisotopic (exact) mass is 368 g/mol. The second-order valence-electron chi connectivity index (χ2n) is 5.98. The van der Waals surface area contributed by atoms with Crippen molar-refractivity contribution in [3.05, 3.63) is 63.7 Å². The zero-order valence-electron chi connectivity index (χ0n) is 15.1. The first-order valence-corrected chi connectivity index (χ1v) is 8.75. The van der Waals surface area contributed by atoms with E-state index >= 15 is 0 Å². The number of carbonyl (C=O) groups is 1. The third kappa shape index (κ3) is 5.11. The normalized spacial score (nSPS) is 11.0. The molecule has 0 fully saturated rings. The van der Waals surface area contributed by atoms with E-state index in [1.54, 1.807) is 18.2 Å². The summed E-state index contributed by atoms with van der Waals surface area (Å²) >= 11 is 6.22. The fraction of sp³-hybridized carbons (Fsp3) is 0.238. The number of nitriles is 1. The van der Waals surface area contributed by atoms with E-state index in [2.05, 4.69) is 5.32 Å². The first-order chi connectivity index (χ1) is 12.4. The van der Waals surface area contributed by atoms with E-state index < -0.39 is 5.91 Å². The molecule has 0 saturated carbocycles. The van der Waals surface area contributed by atoms with Crippen LogP contribution in [0.3, 0.4) is 0 Å². The number of anilines is 1. The number of hydrogen-bond acceptors (Lipinski definition) is 3. The second kappa shape index (κ2) is 9.07. The minimum Gasteiger partial charge on any atom is -0.494 e. The molecule has 0 atom stereocenters. The Hall–Kier alpha value is -2.77. The molecule has 1 N–H and O–H groups in total. The van der Waals surface area contributed by atoms with Crippen LogP contribution in [-0.2, 0) is 4.79 Å². The van der Waals surface area contributed by atoms with Crippen LogP contribution in [0.5, 0.6) is 5.75 Å². The summed E-state index contributed by atoms with van der Waals surface area (Å²) in [5, 5.41) is 12.5. The van der Waals surface area contributed by atoms with E-state index in [1.165, 1.54) is 6.08 Å². The van der Waals surface area contributed by atoms with Crippen LogP contribution in [-0.4, -0.2) is 12.5 Å². The lowest BCUT2D eigenvalue weighted by molar-refractivity contribution is -0.112.